The van der Waals surface area contributed by atoms with Gasteiger partial charge in [-0.1, -0.05) is 37.3 Å². The fourth-order valence-corrected chi connectivity index (χ4v) is 4.43. The topological polar surface area (TPSA) is 37.9 Å². The molecule has 2 heterocycles. The highest BCUT2D eigenvalue weighted by Gasteiger charge is 2.23. The van der Waals surface area contributed by atoms with Gasteiger partial charge in [-0.2, -0.15) is 0 Å². The van der Waals surface area contributed by atoms with Crippen molar-refractivity contribution in [3.63, 3.8) is 0 Å². The number of hydrogen-bond donors (Lipinski definition) is 1. The Morgan fingerprint density at radius 3 is 2.74 bits per heavy atom. The lowest BCUT2D eigenvalue weighted by atomic mass is 9.85. The summed E-state index contributed by atoms with van der Waals surface area (Å²) in [7, 11) is 1.70. The van der Waals surface area contributed by atoms with Crippen LogP contribution in [0.3, 0.4) is 0 Å². The van der Waals surface area contributed by atoms with Gasteiger partial charge in [0.25, 0.3) is 0 Å². The quantitative estimate of drug-likeness (QED) is 0.531. The summed E-state index contributed by atoms with van der Waals surface area (Å²) in [6.45, 7) is 2.36. The van der Waals surface area contributed by atoms with Crippen molar-refractivity contribution in [3.05, 3.63) is 71.0 Å². The number of nitrogens with one attached hydrogen (secondary N) is 1. The van der Waals surface area contributed by atoms with Crippen LogP contribution in [0.4, 0.5) is 0 Å². The van der Waals surface area contributed by atoms with Crippen LogP contribution in [0.25, 0.3) is 21.8 Å². The molecule has 1 N–H and O–H groups in total. The molecule has 1 unspecified atom stereocenters. The SMILES string of the molecule is COc1ccc(Cc2nc3c(c4c2[nH]c2ccccc24)CC(C)CC3)cc1. The molecule has 0 aliphatic heterocycles. The summed E-state index contributed by atoms with van der Waals surface area (Å²) in [6, 6.07) is 17.0. The third kappa shape index (κ3) is 2.78. The molecule has 0 amide bonds. The fourth-order valence-electron chi connectivity index (χ4n) is 4.43. The molecule has 3 heteroatoms. The predicted molar refractivity (Wildman–Crippen MR) is 111 cm³/mol. The highest BCUT2D eigenvalue weighted by molar-refractivity contribution is 6.10. The molecule has 0 bridgehead atoms. The van der Waals surface area contributed by atoms with E-state index in [9.17, 15) is 0 Å². The molecule has 0 radical (unpaired) electrons. The molecule has 0 saturated carbocycles. The molecule has 0 fully saturated rings. The van der Waals surface area contributed by atoms with Crippen LogP contribution in [0.1, 0.15) is 35.9 Å². The van der Waals surface area contributed by atoms with Crippen LogP contribution in [0, 0.1) is 5.92 Å². The number of aromatic nitrogens is 2. The average molecular weight is 356 g/mol. The smallest absolute Gasteiger partial charge is 0.118 e. The molecular formula is C24H24N2O. The van der Waals surface area contributed by atoms with Crippen molar-refractivity contribution < 1.29 is 4.74 Å². The van der Waals surface area contributed by atoms with Gasteiger partial charge in [0.1, 0.15) is 5.75 Å². The van der Waals surface area contributed by atoms with Crippen molar-refractivity contribution in [2.75, 3.05) is 7.11 Å². The third-order valence-corrected chi connectivity index (χ3v) is 5.87. The van der Waals surface area contributed by atoms with Gasteiger partial charge >= 0.3 is 0 Å². The fraction of sp³-hybridized carbons (Fsp3) is 0.292. The normalized spacial score (nSPS) is 16.6. The Morgan fingerprint density at radius 1 is 1.11 bits per heavy atom. The molecule has 1 atom stereocenters. The first-order valence-electron chi connectivity index (χ1n) is 9.77. The van der Waals surface area contributed by atoms with Crippen LogP contribution < -0.4 is 4.74 Å². The summed E-state index contributed by atoms with van der Waals surface area (Å²) < 4.78 is 5.29. The summed E-state index contributed by atoms with van der Waals surface area (Å²) in [4.78, 5) is 8.81. The van der Waals surface area contributed by atoms with Crippen molar-refractivity contribution in [2.24, 2.45) is 5.92 Å². The number of nitrogens with zero attached hydrogens (tertiary/aromatic N) is 1. The van der Waals surface area contributed by atoms with E-state index in [2.05, 4.69) is 48.3 Å². The molecule has 5 rings (SSSR count). The molecule has 1 aliphatic carbocycles. The van der Waals surface area contributed by atoms with E-state index in [4.69, 9.17) is 9.72 Å². The minimum absolute atomic E-state index is 0.726. The number of ether oxygens (including phenoxy) is 1. The highest BCUT2D eigenvalue weighted by atomic mass is 16.5. The molecule has 3 nitrogen and oxygen atoms in total. The Morgan fingerprint density at radius 2 is 1.93 bits per heavy atom. The lowest BCUT2D eigenvalue weighted by molar-refractivity contribution is 0.414. The van der Waals surface area contributed by atoms with E-state index >= 15 is 0 Å². The van der Waals surface area contributed by atoms with E-state index in [0.29, 0.717) is 0 Å². The van der Waals surface area contributed by atoms with E-state index in [0.717, 1.165) is 36.6 Å². The molecular weight excluding hydrogens is 332 g/mol. The second-order valence-electron chi connectivity index (χ2n) is 7.78. The first-order valence-corrected chi connectivity index (χ1v) is 9.77. The van der Waals surface area contributed by atoms with Crippen LogP contribution in [-0.2, 0) is 19.3 Å². The Hall–Kier alpha value is -2.81. The van der Waals surface area contributed by atoms with Gasteiger partial charge in [0.15, 0.2) is 0 Å². The number of hydrogen-bond acceptors (Lipinski definition) is 2. The number of methoxy groups -OCH3 is 1. The van der Waals surface area contributed by atoms with Crippen molar-refractivity contribution in [1.29, 1.82) is 0 Å². The van der Waals surface area contributed by atoms with Crippen LogP contribution in [0.15, 0.2) is 48.5 Å². The third-order valence-electron chi connectivity index (χ3n) is 5.87. The number of aryl methyl sites for hydroxylation is 1. The van der Waals surface area contributed by atoms with Crippen LogP contribution in [0.5, 0.6) is 5.75 Å². The average Bonchev–Trinajstić information content (AvgIpc) is 3.09. The summed E-state index contributed by atoms with van der Waals surface area (Å²) >= 11 is 0. The van der Waals surface area contributed by atoms with E-state index in [1.165, 1.54) is 45.0 Å². The number of para-hydroxylation sites is 1. The molecule has 1 aliphatic rings. The van der Waals surface area contributed by atoms with Crippen LogP contribution in [-0.4, -0.2) is 17.1 Å². The van der Waals surface area contributed by atoms with E-state index in [1.54, 1.807) is 7.11 Å². The summed E-state index contributed by atoms with van der Waals surface area (Å²) in [5, 5.41) is 2.72. The Kier molecular flexibility index (Phi) is 3.89. The second kappa shape index (κ2) is 6.41. The number of H-pyrrole nitrogens is 1. The van der Waals surface area contributed by atoms with E-state index < -0.39 is 0 Å². The Balaban J connectivity index is 1.71. The Bertz CT molecular complexity index is 1120. The van der Waals surface area contributed by atoms with E-state index in [1.807, 2.05) is 12.1 Å². The molecule has 0 spiro atoms. The van der Waals surface area contributed by atoms with Gasteiger partial charge in [-0.15, -0.1) is 0 Å². The van der Waals surface area contributed by atoms with Crippen LogP contribution in [0.2, 0.25) is 0 Å². The predicted octanol–water partition coefficient (Wildman–Crippen LogP) is 5.44. The lowest BCUT2D eigenvalue weighted by Gasteiger charge is -2.22. The van der Waals surface area contributed by atoms with Gasteiger partial charge < -0.3 is 9.72 Å². The number of benzene rings is 2. The molecule has 2 aromatic carbocycles. The maximum absolute atomic E-state index is 5.29. The molecule has 2 aromatic heterocycles. The molecule has 27 heavy (non-hydrogen) atoms. The largest absolute Gasteiger partial charge is 0.497 e. The number of pyridine rings is 1. The maximum Gasteiger partial charge on any atom is 0.118 e. The summed E-state index contributed by atoms with van der Waals surface area (Å²) in [5.74, 6) is 1.62. The zero-order valence-corrected chi connectivity index (χ0v) is 15.9. The van der Waals surface area contributed by atoms with Crippen molar-refractivity contribution >= 4 is 21.8 Å². The number of rotatable bonds is 3. The standard InChI is InChI=1S/C24H24N2O/c1-15-7-12-21-19(13-15)23-18-5-3-4-6-20(18)26-24(23)22(25-21)14-16-8-10-17(27-2)11-9-16/h3-6,8-11,15,26H,7,12-14H2,1-2H3. The summed E-state index contributed by atoms with van der Waals surface area (Å²) in [5.41, 5.74) is 7.58. The van der Waals surface area contributed by atoms with Gasteiger partial charge in [0.2, 0.25) is 0 Å². The highest BCUT2D eigenvalue weighted by Crippen LogP contribution is 2.36. The minimum atomic E-state index is 0.726. The number of aromatic amines is 1. The van der Waals surface area contributed by atoms with Crippen molar-refractivity contribution in [3.8, 4) is 5.75 Å². The van der Waals surface area contributed by atoms with E-state index in [-0.39, 0.29) is 0 Å². The van der Waals surface area contributed by atoms with Gasteiger partial charge in [0.05, 0.1) is 18.3 Å². The maximum atomic E-state index is 5.29. The zero-order valence-electron chi connectivity index (χ0n) is 15.9. The second-order valence-corrected chi connectivity index (χ2v) is 7.78. The molecule has 4 aromatic rings. The molecule has 136 valence electrons. The first-order chi connectivity index (χ1) is 13.2. The summed E-state index contributed by atoms with van der Waals surface area (Å²) in [6.07, 6.45) is 4.27. The lowest BCUT2D eigenvalue weighted by Crippen LogP contribution is -2.14. The van der Waals surface area contributed by atoms with Crippen molar-refractivity contribution in [1.82, 2.24) is 9.97 Å². The van der Waals surface area contributed by atoms with Gasteiger partial charge in [-0.25, -0.2) is 0 Å². The van der Waals surface area contributed by atoms with Crippen LogP contribution >= 0.6 is 0 Å². The number of fused-ring (bicyclic) bond motifs is 5. The minimum Gasteiger partial charge on any atom is -0.497 e. The van der Waals surface area contributed by atoms with Gasteiger partial charge in [-0.3, -0.25) is 4.98 Å². The van der Waals surface area contributed by atoms with Gasteiger partial charge in [0, 0.05) is 28.4 Å². The first kappa shape index (κ1) is 16.4. The monoisotopic (exact) mass is 356 g/mol. The molecule has 0 saturated heterocycles. The van der Waals surface area contributed by atoms with Gasteiger partial charge in [-0.05, 0) is 54.5 Å². The Labute approximate surface area is 159 Å². The van der Waals surface area contributed by atoms with Crippen molar-refractivity contribution in [2.45, 2.75) is 32.6 Å². The zero-order chi connectivity index (χ0) is 18.4.